The van der Waals surface area contributed by atoms with Gasteiger partial charge in [-0.05, 0) is 51.0 Å². The average molecular weight is 375 g/mol. The van der Waals surface area contributed by atoms with Crippen molar-refractivity contribution in [1.82, 2.24) is 0 Å². The van der Waals surface area contributed by atoms with E-state index in [9.17, 15) is 0 Å². The Morgan fingerprint density at radius 1 is 0.821 bits per heavy atom. The standard InChI is InChI=1S/C24H30BNO2/c1-8-21(25-27-23(4,5)24(6,7)28-25)26-19-15-11-9-13-17(19)22(2,3)18-14-10-12-16-20(18)26/h8-16,21H,1H2,2-7H3. The van der Waals surface area contributed by atoms with Crippen molar-refractivity contribution in [2.75, 3.05) is 4.90 Å². The lowest BCUT2D eigenvalue weighted by Gasteiger charge is -2.45. The van der Waals surface area contributed by atoms with E-state index in [1.54, 1.807) is 0 Å². The van der Waals surface area contributed by atoms with Crippen molar-refractivity contribution in [3.8, 4) is 0 Å². The Morgan fingerprint density at radius 3 is 1.68 bits per heavy atom. The molecule has 1 saturated heterocycles. The topological polar surface area (TPSA) is 21.7 Å². The van der Waals surface area contributed by atoms with E-state index in [0.717, 1.165) is 0 Å². The van der Waals surface area contributed by atoms with Crippen LogP contribution in [0.25, 0.3) is 0 Å². The second kappa shape index (κ2) is 6.23. The van der Waals surface area contributed by atoms with Crippen molar-refractivity contribution >= 4 is 18.5 Å². The lowest BCUT2D eigenvalue weighted by atomic mass is 9.70. The van der Waals surface area contributed by atoms with Crippen LogP contribution in [0.4, 0.5) is 11.4 Å². The van der Waals surface area contributed by atoms with Crippen molar-refractivity contribution in [1.29, 1.82) is 0 Å². The molecule has 0 bridgehead atoms. The summed E-state index contributed by atoms with van der Waals surface area (Å²) >= 11 is 0. The summed E-state index contributed by atoms with van der Waals surface area (Å²) in [6, 6.07) is 17.3. The molecular weight excluding hydrogens is 345 g/mol. The van der Waals surface area contributed by atoms with Gasteiger partial charge in [-0.25, -0.2) is 0 Å². The summed E-state index contributed by atoms with van der Waals surface area (Å²) in [6.45, 7) is 17.1. The van der Waals surface area contributed by atoms with Crippen LogP contribution < -0.4 is 4.90 Å². The summed E-state index contributed by atoms with van der Waals surface area (Å²) in [6.07, 6.45) is 1.95. The quantitative estimate of drug-likeness (QED) is 0.511. The van der Waals surface area contributed by atoms with E-state index in [4.69, 9.17) is 9.31 Å². The lowest BCUT2D eigenvalue weighted by molar-refractivity contribution is 0.00578. The highest BCUT2D eigenvalue weighted by molar-refractivity contribution is 6.49. The van der Waals surface area contributed by atoms with E-state index in [1.165, 1.54) is 22.5 Å². The molecule has 4 heteroatoms. The van der Waals surface area contributed by atoms with E-state index in [1.807, 2.05) is 6.08 Å². The maximum Gasteiger partial charge on any atom is 0.486 e. The molecule has 0 N–H and O–H groups in total. The van der Waals surface area contributed by atoms with Gasteiger partial charge in [-0.3, -0.25) is 0 Å². The Balaban J connectivity index is 1.87. The van der Waals surface area contributed by atoms with Gasteiger partial charge in [0.05, 0.1) is 17.1 Å². The average Bonchev–Trinajstić information content (AvgIpc) is 2.86. The smallest absolute Gasteiger partial charge is 0.402 e. The third-order valence-corrected chi connectivity index (χ3v) is 6.76. The number of benzene rings is 2. The maximum atomic E-state index is 6.42. The van der Waals surface area contributed by atoms with Crippen LogP contribution in [0.1, 0.15) is 52.7 Å². The van der Waals surface area contributed by atoms with Gasteiger partial charge in [0, 0.05) is 16.8 Å². The minimum Gasteiger partial charge on any atom is -0.402 e. The highest BCUT2D eigenvalue weighted by Gasteiger charge is 2.55. The molecule has 0 aliphatic carbocycles. The third-order valence-electron chi connectivity index (χ3n) is 6.76. The van der Waals surface area contributed by atoms with Gasteiger partial charge in [0.2, 0.25) is 0 Å². The molecule has 0 saturated carbocycles. The predicted molar refractivity (Wildman–Crippen MR) is 117 cm³/mol. The normalized spacial score (nSPS) is 22.4. The number of anilines is 2. The molecule has 0 amide bonds. The van der Waals surface area contributed by atoms with Crippen molar-refractivity contribution < 1.29 is 9.31 Å². The molecule has 2 heterocycles. The van der Waals surface area contributed by atoms with Crippen LogP contribution >= 0.6 is 0 Å². The second-order valence-corrected chi connectivity index (χ2v) is 9.38. The molecular formula is C24H30BNO2. The number of fused-ring (bicyclic) bond motifs is 2. The van der Waals surface area contributed by atoms with Gasteiger partial charge in [0.25, 0.3) is 0 Å². The van der Waals surface area contributed by atoms with Crippen LogP contribution in [0, 0.1) is 0 Å². The molecule has 0 spiro atoms. The van der Waals surface area contributed by atoms with E-state index in [-0.39, 0.29) is 22.6 Å². The molecule has 3 nitrogen and oxygen atoms in total. The lowest BCUT2D eigenvalue weighted by Crippen LogP contribution is -2.48. The number of hydrogen-bond acceptors (Lipinski definition) is 3. The third kappa shape index (κ3) is 2.66. The van der Waals surface area contributed by atoms with Gasteiger partial charge in [-0.2, -0.15) is 0 Å². The van der Waals surface area contributed by atoms with Gasteiger partial charge >= 0.3 is 7.12 Å². The predicted octanol–water partition coefficient (Wildman–Crippen LogP) is 5.65. The van der Waals surface area contributed by atoms with Crippen LogP contribution in [0.5, 0.6) is 0 Å². The molecule has 4 rings (SSSR count). The van der Waals surface area contributed by atoms with Crippen LogP contribution in [0.2, 0.25) is 0 Å². The zero-order valence-electron chi connectivity index (χ0n) is 17.8. The van der Waals surface area contributed by atoms with Crippen molar-refractivity contribution in [2.24, 2.45) is 0 Å². The van der Waals surface area contributed by atoms with Crippen LogP contribution in [-0.4, -0.2) is 24.3 Å². The first-order chi connectivity index (χ1) is 13.1. The fraction of sp³-hybridized carbons (Fsp3) is 0.417. The first kappa shape index (κ1) is 19.3. The number of nitrogens with zero attached hydrogens (tertiary/aromatic N) is 1. The summed E-state index contributed by atoms with van der Waals surface area (Å²) in [5.41, 5.74) is 4.14. The summed E-state index contributed by atoms with van der Waals surface area (Å²) in [5, 5.41) is 0. The molecule has 2 aliphatic heterocycles. The SMILES string of the molecule is C=CC(B1OC(C)(C)C(C)(C)O1)N1c2ccccc2C(C)(C)c2ccccc21. The largest absolute Gasteiger partial charge is 0.486 e. The van der Waals surface area contributed by atoms with E-state index < -0.39 is 7.12 Å². The Morgan fingerprint density at radius 2 is 1.25 bits per heavy atom. The molecule has 0 radical (unpaired) electrons. The van der Waals surface area contributed by atoms with Crippen LogP contribution in [0.3, 0.4) is 0 Å². The van der Waals surface area contributed by atoms with Crippen LogP contribution in [-0.2, 0) is 14.7 Å². The fourth-order valence-electron chi connectivity index (χ4n) is 4.39. The fourth-order valence-corrected chi connectivity index (χ4v) is 4.39. The van der Waals surface area contributed by atoms with E-state index in [0.29, 0.717) is 0 Å². The molecule has 1 atom stereocenters. The first-order valence-corrected chi connectivity index (χ1v) is 10.1. The minimum atomic E-state index is -0.398. The summed E-state index contributed by atoms with van der Waals surface area (Å²) < 4.78 is 12.8. The molecule has 1 unspecified atom stereocenters. The minimum absolute atomic E-state index is 0.0780. The molecule has 2 aromatic carbocycles. The van der Waals surface area contributed by atoms with Crippen molar-refractivity contribution in [3.63, 3.8) is 0 Å². The van der Waals surface area contributed by atoms with Gasteiger partial charge in [0.15, 0.2) is 0 Å². The Hall–Kier alpha value is -2.04. The van der Waals surface area contributed by atoms with Gasteiger partial charge in [0.1, 0.15) is 0 Å². The maximum absolute atomic E-state index is 6.42. The Labute approximate surface area is 169 Å². The van der Waals surface area contributed by atoms with Crippen molar-refractivity contribution in [3.05, 3.63) is 72.3 Å². The molecule has 0 aromatic heterocycles. The van der Waals surface area contributed by atoms with Gasteiger partial charge in [-0.15, -0.1) is 6.58 Å². The summed E-state index contributed by atoms with van der Waals surface area (Å²) in [5.74, 6) is -0.139. The van der Waals surface area contributed by atoms with Crippen LogP contribution in [0.15, 0.2) is 61.2 Å². The van der Waals surface area contributed by atoms with E-state index >= 15 is 0 Å². The highest BCUT2D eigenvalue weighted by Crippen LogP contribution is 2.50. The first-order valence-electron chi connectivity index (χ1n) is 10.1. The highest BCUT2D eigenvalue weighted by atomic mass is 16.7. The van der Waals surface area contributed by atoms with Gasteiger partial charge in [-0.1, -0.05) is 56.3 Å². The zero-order valence-corrected chi connectivity index (χ0v) is 17.8. The molecule has 2 aromatic rings. The molecule has 1 fully saturated rings. The molecule has 2 aliphatic rings. The number of hydrogen-bond donors (Lipinski definition) is 0. The Bertz CT molecular complexity index is 853. The molecule has 146 valence electrons. The van der Waals surface area contributed by atoms with Crippen molar-refractivity contribution in [2.45, 2.75) is 64.1 Å². The number of para-hydroxylation sites is 2. The molecule has 28 heavy (non-hydrogen) atoms. The Kier molecular flexibility index (Phi) is 4.29. The van der Waals surface area contributed by atoms with Gasteiger partial charge < -0.3 is 14.2 Å². The van der Waals surface area contributed by atoms with E-state index in [2.05, 4.69) is 102 Å². The summed E-state index contributed by atoms with van der Waals surface area (Å²) in [4.78, 5) is 2.34. The monoisotopic (exact) mass is 375 g/mol. The zero-order chi connectivity index (χ0) is 20.3. The second-order valence-electron chi connectivity index (χ2n) is 9.38. The summed E-state index contributed by atoms with van der Waals surface area (Å²) in [7, 11) is -0.398. The number of rotatable bonds is 3.